The summed E-state index contributed by atoms with van der Waals surface area (Å²) in [4.78, 5) is 17.2. The Labute approximate surface area is 171 Å². The highest BCUT2D eigenvalue weighted by atomic mass is 35.5. The Morgan fingerprint density at radius 1 is 1.11 bits per heavy atom. The first-order chi connectivity index (χ1) is 13.6. The molecule has 0 saturated heterocycles. The molecule has 140 valence electrons. The summed E-state index contributed by atoms with van der Waals surface area (Å²) >= 11 is 7.52. The average Bonchev–Trinajstić information content (AvgIpc) is 3.14. The molecule has 4 rings (SSSR count). The van der Waals surface area contributed by atoms with Gasteiger partial charge in [0.05, 0.1) is 29.4 Å². The van der Waals surface area contributed by atoms with Crippen LogP contribution in [0, 0.1) is 0 Å². The molecule has 3 aromatic carbocycles. The van der Waals surface area contributed by atoms with E-state index in [2.05, 4.69) is 16.4 Å². The second-order valence-corrected chi connectivity index (χ2v) is 7.72. The fourth-order valence-corrected chi connectivity index (χ4v) is 4.00. The van der Waals surface area contributed by atoms with Crippen LogP contribution in [-0.4, -0.2) is 18.0 Å². The molecule has 0 fully saturated rings. The third-order valence-electron chi connectivity index (χ3n) is 4.29. The third-order valence-corrected chi connectivity index (χ3v) is 5.63. The maximum absolute atomic E-state index is 12.5. The van der Waals surface area contributed by atoms with E-state index < -0.39 is 0 Å². The number of rotatable bonds is 5. The first-order valence-corrected chi connectivity index (χ1v) is 9.90. The van der Waals surface area contributed by atoms with Gasteiger partial charge in [-0.15, -0.1) is 11.3 Å². The number of fused-ring (bicyclic) bond motifs is 1. The van der Waals surface area contributed by atoms with E-state index in [-0.39, 0.29) is 12.3 Å². The van der Waals surface area contributed by atoms with Gasteiger partial charge in [0.15, 0.2) is 0 Å². The van der Waals surface area contributed by atoms with Gasteiger partial charge in [0.2, 0.25) is 5.91 Å². The third kappa shape index (κ3) is 4.01. The standard InChI is InChI=1S/C22H17ClN2O2S/c1-27-19-11-8-15(22-25-17-4-2-3-5-20(17)28-22)13-18(19)24-21(26)12-14-6-9-16(23)10-7-14/h2-11,13H,12H2,1H3,(H,24,26). The van der Waals surface area contributed by atoms with Gasteiger partial charge in [-0.25, -0.2) is 4.98 Å². The second-order valence-electron chi connectivity index (χ2n) is 6.25. The fourth-order valence-electron chi connectivity index (χ4n) is 2.92. The molecule has 0 aliphatic rings. The number of para-hydroxylation sites is 1. The van der Waals surface area contributed by atoms with Crippen molar-refractivity contribution < 1.29 is 9.53 Å². The van der Waals surface area contributed by atoms with Crippen molar-refractivity contribution in [1.29, 1.82) is 0 Å². The number of anilines is 1. The molecule has 0 saturated carbocycles. The molecular weight excluding hydrogens is 392 g/mol. The number of amides is 1. The zero-order valence-corrected chi connectivity index (χ0v) is 16.7. The van der Waals surface area contributed by atoms with Crippen LogP contribution in [0.15, 0.2) is 66.7 Å². The van der Waals surface area contributed by atoms with Crippen LogP contribution in [0.2, 0.25) is 5.02 Å². The van der Waals surface area contributed by atoms with Gasteiger partial charge in [0, 0.05) is 10.6 Å². The number of halogens is 1. The molecule has 1 aromatic heterocycles. The second kappa shape index (κ2) is 8.00. The highest BCUT2D eigenvalue weighted by molar-refractivity contribution is 7.21. The summed E-state index contributed by atoms with van der Waals surface area (Å²) < 4.78 is 6.54. The zero-order chi connectivity index (χ0) is 19.5. The molecule has 0 atom stereocenters. The number of carbonyl (C=O) groups excluding carboxylic acids is 1. The predicted molar refractivity (Wildman–Crippen MR) is 115 cm³/mol. The van der Waals surface area contributed by atoms with Crippen LogP contribution in [0.3, 0.4) is 0 Å². The highest BCUT2D eigenvalue weighted by Gasteiger charge is 2.12. The summed E-state index contributed by atoms with van der Waals surface area (Å²) in [5.41, 5.74) is 3.41. The lowest BCUT2D eigenvalue weighted by Gasteiger charge is -2.11. The van der Waals surface area contributed by atoms with Crippen LogP contribution in [-0.2, 0) is 11.2 Å². The maximum Gasteiger partial charge on any atom is 0.228 e. The minimum Gasteiger partial charge on any atom is -0.495 e. The fraction of sp³-hybridized carbons (Fsp3) is 0.0909. The van der Waals surface area contributed by atoms with Crippen molar-refractivity contribution in [2.45, 2.75) is 6.42 Å². The minimum atomic E-state index is -0.123. The van der Waals surface area contributed by atoms with Crippen LogP contribution >= 0.6 is 22.9 Å². The Balaban J connectivity index is 1.59. The van der Waals surface area contributed by atoms with Gasteiger partial charge in [-0.3, -0.25) is 4.79 Å². The van der Waals surface area contributed by atoms with Crippen molar-refractivity contribution in [2.75, 3.05) is 12.4 Å². The number of thiazole rings is 1. The van der Waals surface area contributed by atoms with Crippen molar-refractivity contribution in [3.8, 4) is 16.3 Å². The zero-order valence-electron chi connectivity index (χ0n) is 15.1. The number of carbonyl (C=O) groups is 1. The van der Waals surface area contributed by atoms with Gasteiger partial charge >= 0.3 is 0 Å². The van der Waals surface area contributed by atoms with Crippen LogP contribution in [0.4, 0.5) is 5.69 Å². The van der Waals surface area contributed by atoms with E-state index >= 15 is 0 Å². The molecule has 1 amide bonds. The van der Waals surface area contributed by atoms with E-state index in [4.69, 9.17) is 16.3 Å². The van der Waals surface area contributed by atoms with Crippen molar-refractivity contribution in [2.24, 2.45) is 0 Å². The predicted octanol–water partition coefficient (Wildman–Crippen LogP) is 5.81. The van der Waals surface area contributed by atoms with Gasteiger partial charge in [0.25, 0.3) is 0 Å². The van der Waals surface area contributed by atoms with Crippen LogP contribution in [0.5, 0.6) is 5.75 Å². The molecule has 0 unspecified atom stereocenters. The van der Waals surface area contributed by atoms with Gasteiger partial charge in [-0.1, -0.05) is 35.9 Å². The molecule has 0 spiro atoms. The lowest BCUT2D eigenvalue weighted by molar-refractivity contribution is -0.115. The minimum absolute atomic E-state index is 0.123. The molecular formula is C22H17ClN2O2S. The summed E-state index contributed by atoms with van der Waals surface area (Å²) in [6, 6.07) is 21.0. The summed E-state index contributed by atoms with van der Waals surface area (Å²) in [6.07, 6.45) is 0.256. The number of nitrogens with zero attached hydrogens (tertiary/aromatic N) is 1. The summed E-state index contributed by atoms with van der Waals surface area (Å²) in [6.45, 7) is 0. The molecule has 4 nitrogen and oxygen atoms in total. The van der Waals surface area contributed by atoms with Gasteiger partial charge < -0.3 is 10.1 Å². The molecule has 0 aliphatic carbocycles. The number of hydrogen-bond acceptors (Lipinski definition) is 4. The molecule has 1 N–H and O–H groups in total. The van der Waals surface area contributed by atoms with Crippen molar-refractivity contribution in [1.82, 2.24) is 4.98 Å². The maximum atomic E-state index is 12.5. The first kappa shape index (κ1) is 18.5. The van der Waals surface area contributed by atoms with Gasteiger partial charge in [-0.2, -0.15) is 0 Å². The normalized spacial score (nSPS) is 10.8. The molecule has 4 aromatic rings. The number of methoxy groups -OCH3 is 1. The van der Waals surface area contributed by atoms with Crippen LogP contribution < -0.4 is 10.1 Å². The van der Waals surface area contributed by atoms with E-state index in [0.29, 0.717) is 16.5 Å². The Bertz CT molecular complexity index is 1110. The lowest BCUT2D eigenvalue weighted by atomic mass is 10.1. The molecule has 0 aliphatic heterocycles. The van der Waals surface area contributed by atoms with Crippen molar-refractivity contribution >= 4 is 44.7 Å². The van der Waals surface area contributed by atoms with Gasteiger partial charge in [0.1, 0.15) is 10.8 Å². The SMILES string of the molecule is COc1ccc(-c2nc3ccccc3s2)cc1NC(=O)Cc1ccc(Cl)cc1. The van der Waals surface area contributed by atoms with Crippen LogP contribution in [0.25, 0.3) is 20.8 Å². The summed E-state index contributed by atoms with van der Waals surface area (Å²) in [5, 5.41) is 4.50. The summed E-state index contributed by atoms with van der Waals surface area (Å²) in [7, 11) is 1.58. The number of ether oxygens (including phenoxy) is 1. The van der Waals surface area contributed by atoms with Gasteiger partial charge in [-0.05, 0) is 48.0 Å². The lowest BCUT2D eigenvalue weighted by Crippen LogP contribution is -2.15. The van der Waals surface area contributed by atoms with E-state index in [1.54, 1.807) is 30.6 Å². The molecule has 0 bridgehead atoms. The number of benzene rings is 3. The highest BCUT2D eigenvalue weighted by Crippen LogP contribution is 2.34. The molecule has 0 radical (unpaired) electrons. The van der Waals surface area contributed by atoms with E-state index in [9.17, 15) is 4.79 Å². The number of hydrogen-bond donors (Lipinski definition) is 1. The Kier molecular flexibility index (Phi) is 5.28. The van der Waals surface area contributed by atoms with E-state index in [1.807, 2.05) is 48.5 Å². The molecule has 6 heteroatoms. The van der Waals surface area contributed by atoms with E-state index in [1.165, 1.54) is 0 Å². The smallest absolute Gasteiger partial charge is 0.228 e. The molecule has 1 heterocycles. The van der Waals surface area contributed by atoms with Crippen molar-refractivity contribution in [3.63, 3.8) is 0 Å². The number of nitrogens with one attached hydrogen (secondary N) is 1. The van der Waals surface area contributed by atoms with Crippen molar-refractivity contribution in [3.05, 3.63) is 77.3 Å². The monoisotopic (exact) mass is 408 g/mol. The largest absolute Gasteiger partial charge is 0.495 e. The summed E-state index contributed by atoms with van der Waals surface area (Å²) in [5.74, 6) is 0.483. The Morgan fingerprint density at radius 2 is 1.89 bits per heavy atom. The Hall–Kier alpha value is -2.89. The molecule has 28 heavy (non-hydrogen) atoms. The average molecular weight is 409 g/mol. The quantitative estimate of drug-likeness (QED) is 0.453. The first-order valence-electron chi connectivity index (χ1n) is 8.70. The van der Waals surface area contributed by atoms with E-state index in [0.717, 1.165) is 26.4 Å². The number of aromatic nitrogens is 1. The Morgan fingerprint density at radius 3 is 2.64 bits per heavy atom. The van der Waals surface area contributed by atoms with Crippen LogP contribution in [0.1, 0.15) is 5.56 Å². The topological polar surface area (TPSA) is 51.2 Å².